The average molecular weight is 367 g/mol. The van der Waals surface area contributed by atoms with E-state index in [0.717, 1.165) is 0 Å². The molecule has 1 aliphatic heterocycles. The number of likely N-dealkylation sites (tertiary alicyclic amines) is 1. The summed E-state index contributed by atoms with van der Waals surface area (Å²) in [5, 5.41) is 10.8. The van der Waals surface area contributed by atoms with Gasteiger partial charge in [-0.25, -0.2) is 0 Å². The van der Waals surface area contributed by atoms with E-state index in [1.807, 2.05) is 0 Å². The topological polar surface area (TPSA) is 106 Å². The Morgan fingerprint density at radius 1 is 1.22 bits per heavy atom. The molecule has 1 atom stereocenters. The minimum Gasteiger partial charge on any atom is -0.507 e. The smallest absolute Gasteiger partial charge is 0.295 e. The first kappa shape index (κ1) is 18.6. The number of aliphatic hydroxyl groups is 1. The molecular formula is C20H21N3O4. The van der Waals surface area contributed by atoms with E-state index in [0.29, 0.717) is 36.5 Å². The maximum absolute atomic E-state index is 12.7. The highest BCUT2D eigenvalue weighted by Crippen LogP contribution is 2.38. The van der Waals surface area contributed by atoms with Crippen LogP contribution in [0.5, 0.6) is 5.75 Å². The molecule has 0 saturated carbocycles. The van der Waals surface area contributed by atoms with E-state index in [-0.39, 0.29) is 11.3 Å². The number of aliphatic hydroxyl groups excluding tert-OH is 1. The summed E-state index contributed by atoms with van der Waals surface area (Å²) >= 11 is 0. The van der Waals surface area contributed by atoms with Crippen LogP contribution in [-0.4, -0.2) is 46.9 Å². The highest BCUT2D eigenvalue weighted by molar-refractivity contribution is 6.46. The van der Waals surface area contributed by atoms with Crippen molar-refractivity contribution in [3.63, 3.8) is 0 Å². The van der Waals surface area contributed by atoms with Gasteiger partial charge in [0.25, 0.3) is 11.7 Å². The number of ether oxygens (including phenoxy) is 1. The molecule has 0 radical (unpaired) electrons. The van der Waals surface area contributed by atoms with Crippen LogP contribution >= 0.6 is 0 Å². The molecule has 3 N–H and O–H groups in total. The monoisotopic (exact) mass is 367 g/mol. The van der Waals surface area contributed by atoms with Gasteiger partial charge in [0.2, 0.25) is 0 Å². The second kappa shape index (κ2) is 8.01. The van der Waals surface area contributed by atoms with Gasteiger partial charge in [0.15, 0.2) is 0 Å². The summed E-state index contributed by atoms with van der Waals surface area (Å²) in [4.78, 5) is 31.0. The number of carbonyl (C=O) groups is 2. The third-order valence-corrected chi connectivity index (χ3v) is 4.47. The zero-order valence-corrected chi connectivity index (χ0v) is 15.0. The van der Waals surface area contributed by atoms with Crippen LogP contribution in [0, 0.1) is 0 Å². The van der Waals surface area contributed by atoms with Gasteiger partial charge in [0.05, 0.1) is 18.4 Å². The summed E-state index contributed by atoms with van der Waals surface area (Å²) in [5.74, 6) is -0.997. The van der Waals surface area contributed by atoms with E-state index < -0.39 is 17.7 Å². The first-order valence-corrected chi connectivity index (χ1v) is 8.62. The summed E-state index contributed by atoms with van der Waals surface area (Å²) in [5.41, 5.74) is 6.54. The van der Waals surface area contributed by atoms with Crippen molar-refractivity contribution in [1.29, 1.82) is 0 Å². The van der Waals surface area contributed by atoms with Crippen molar-refractivity contribution in [2.75, 3.05) is 20.2 Å². The number of nitrogens with zero attached hydrogens (tertiary/aromatic N) is 2. The van der Waals surface area contributed by atoms with Crippen molar-refractivity contribution < 1.29 is 19.4 Å². The lowest BCUT2D eigenvalue weighted by Crippen LogP contribution is -2.32. The Labute approximate surface area is 157 Å². The van der Waals surface area contributed by atoms with Crippen molar-refractivity contribution in [3.8, 4) is 5.75 Å². The number of hydrogen-bond donors (Lipinski definition) is 2. The predicted octanol–water partition coefficient (Wildman–Crippen LogP) is 1.86. The van der Waals surface area contributed by atoms with Gasteiger partial charge in [-0.3, -0.25) is 14.6 Å². The van der Waals surface area contributed by atoms with E-state index in [9.17, 15) is 14.7 Å². The van der Waals surface area contributed by atoms with Gasteiger partial charge < -0.3 is 20.5 Å². The average Bonchev–Trinajstić information content (AvgIpc) is 2.97. The second-order valence-corrected chi connectivity index (χ2v) is 6.12. The molecule has 7 nitrogen and oxygen atoms in total. The SMILES string of the molecule is COc1ccc(C(O)=C2C(=O)C(=O)N(CCCN)[C@@H]2c2ccccn2)cc1. The molecule has 1 amide bonds. The molecule has 2 heterocycles. The van der Waals surface area contributed by atoms with Gasteiger partial charge in [-0.15, -0.1) is 0 Å². The van der Waals surface area contributed by atoms with Crippen LogP contribution in [0.25, 0.3) is 5.76 Å². The van der Waals surface area contributed by atoms with Crippen LogP contribution in [-0.2, 0) is 9.59 Å². The molecule has 0 aliphatic carbocycles. The van der Waals surface area contributed by atoms with E-state index >= 15 is 0 Å². The summed E-state index contributed by atoms with van der Waals surface area (Å²) < 4.78 is 5.12. The van der Waals surface area contributed by atoms with Gasteiger partial charge in [-0.1, -0.05) is 6.07 Å². The Bertz CT molecular complexity index is 863. The van der Waals surface area contributed by atoms with Crippen molar-refractivity contribution in [1.82, 2.24) is 9.88 Å². The molecule has 1 aromatic heterocycles. The minimum absolute atomic E-state index is 0.0286. The Hall–Kier alpha value is -3.19. The van der Waals surface area contributed by atoms with Crippen LogP contribution in [0.4, 0.5) is 0 Å². The van der Waals surface area contributed by atoms with E-state index in [4.69, 9.17) is 10.5 Å². The Kier molecular flexibility index (Phi) is 5.52. The van der Waals surface area contributed by atoms with Gasteiger partial charge in [0, 0.05) is 18.3 Å². The van der Waals surface area contributed by atoms with Gasteiger partial charge in [-0.05, 0) is 49.4 Å². The third-order valence-electron chi connectivity index (χ3n) is 4.47. The minimum atomic E-state index is -0.750. The largest absolute Gasteiger partial charge is 0.507 e. The zero-order chi connectivity index (χ0) is 19.4. The van der Waals surface area contributed by atoms with E-state index in [1.165, 1.54) is 4.90 Å². The lowest BCUT2D eigenvalue weighted by atomic mass is 9.98. The maximum Gasteiger partial charge on any atom is 0.295 e. The number of benzene rings is 1. The molecule has 2 aromatic rings. The summed E-state index contributed by atoms with van der Waals surface area (Å²) in [6, 6.07) is 11.1. The number of carbonyl (C=O) groups excluding carboxylic acids is 2. The third kappa shape index (κ3) is 3.54. The summed E-state index contributed by atoms with van der Waals surface area (Å²) in [6.45, 7) is 0.693. The molecule has 1 fully saturated rings. The molecule has 1 aliphatic rings. The Morgan fingerprint density at radius 3 is 2.56 bits per heavy atom. The quantitative estimate of drug-likeness (QED) is 0.459. The normalized spacial score (nSPS) is 18.7. The fourth-order valence-corrected chi connectivity index (χ4v) is 3.12. The van der Waals surface area contributed by atoms with Crippen LogP contribution in [0.2, 0.25) is 0 Å². The van der Waals surface area contributed by atoms with Gasteiger partial charge in [-0.2, -0.15) is 0 Å². The molecule has 1 saturated heterocycles. The molecule has 1 aromatic carbocycles. The summed E-state index contributed by atoms with van der Waals surface area (Å²) in [7, 11) is 1.54. The summed E-state index contributed by atoms with van der Waals surface area (Å²) in [6.07, 6.45) is 2.13. The number of hydrogen-bond acceptors (Lipinski definition) is 6. The number of rotatable bonds is 6. The maximum atomic E-state index is 12.7. The van der Waals surface area contributed by atoms with Gasteiger partial charge >= 0.3 is 0 Å². The number of nitrogens with two attached hydrogens (primary N) is 1. The number of amides is 1. The lowest BCUT2D eigenvalue weighted by molar-refractivity contribution is -0.139. The van der Waals surface area contributed by atoms with Gasteiger partial charge in [0.1, 0.15) is 17.6 Å². The fraction of sp³-hybridized carbons (Fsp3) is 0.250. The lowest BCUT2D eigenvalue weighted by Gasteiger charge is -2.24. The standard InChI is InChI=1S/C20H21N3O4/c1-27-14-8-6-13(7-9-14)18(24)16-17(15-5-2-3-11-22-15)23(12-4-10-21)20(26)19(16)25/h2-3,5-9,11,17,24H,4,10,12,21H2,1H3/t17-/m1/s1. The number of Topliss-reactive ketones (excluding diaryl/α,β-unsaturated/α-hetero) is 1. The van der Waals surface area contributed by atoms with Crippen molar-refractivity contribution in [2.45, 2.75) is 12.5 Å². The molecule has 0 bridgehead atoms. The predicted molar refractivity (Wildman–Crippen MR) is 99.9 cm³/mol. The molecular weight excluding hydrogens is 346 g/mol. The van der Waals surface area contributed by atoms with Crippen molar-refractivity contribution >= 4 is 17.4 Å². The fourth-order valence-electron chi connectivity index (χ4n) is 3.12. The first-order valence-electron chi connectivity index (χ1n) is 8.62. The van der Waals surface area contributed by atoms with Crippen LogP contribution < -0.4 is 10.5 Å². The van der Waals surface area contributed by atoms with Crippen LogP contribution in [0.1, 0.15) is 23.7 Å². The number of methoxy groups -OCH3 is 1. The molecule has 7 heteroatoms. The zero-order valence-electron chi connectivity index (χ0n) is 15.0. The molecule has 0 unspecified atom stereocenters. The highest BCUT2D eigenvalue weighted by atomic mass is 16.5. The Morgan fingerprint density at radius 2 is 1.96 bits per heavy atom. The van der Waals surface area contributed by atoms with Crippen molar-refractivity contribution in [2.24, 2.45) is 5.73 Å². The van der Waals surface area contributed by atoms with Crippen LogP contribution in [0.15, 0.2) is 54.2 Å². The Balaban J connectivity index is 2.11. The molecule has 0 spiro atoms. The van der Waals surface area contributed by atoms with Crippen molar-refractivity contribution in [3.05, 3.63) is 65.5 Å². The second-order valence-electron chi connectivity index (χ2n) is 6.12. The molecule has 3 rings (SSSR count). The van der Waals surface area contributed by atoms with E-state index in [1.54, 1.807) is 55.8 Å². The van der Waals surface area contributed by atoms with E-state index in [2.05, 4.69) is 4.98 Å². The number of ketones is 1. The number of aromatic nitrogens is 1. The molecule has 27 heavy (non-hydrogen) atoms. The molecule has 140 valence electrons. The number of pyridine rings is 1. The highest BCUT2D eigenvalue weighted by Gasteiger charge is 2.46. The van der Waals surface area contributed by atoms with Crippen LogP contribution in [0.3, 0.4) is 0 Å². The first-order chi connectivity index (χ1) is 13.1.